The summed E-state index contributed by atoms with van der Waals surface area (Å²) in [6, 6.07) is -0.0495. The van der Waals surface area contributed by atoms with Gasteiger partial charge in [0.2, 0.25) is 0 Å². The van der Waals surface area contributed by atoms with Gasteiger partial charge in [-0.15, -0.1) is 11.3 Å². The van der Waals surface area contributed by atoms with Crippen LogP contribution in [0.25, 0.3) is 0 Å². The molecule has 2 aromatic rings. The summed E-state index contributed by atoms with van der Waals surface area (Å²) in [5, 5.41) is 6.27. The highest BCUT2D eigenvalue weighted by Gasteiger charge is 2.32. The first kappa shape index (κ1) is 16.1. The second-order valence-electron chi connectivity index (χ2n) is 6.34. The lowest BCUT2D eigenvalue weighted by Gasteiger charge is -2.35. The number of rotatable bonds is 4. The first-order chi connectivity index (χ1) is 11.1. The van der Waals surface area contributed by atoms with E-state index in [0.717, 1.165) is 30.3 Å². The lowest BCUT2D eigenvalue weighted by Crippen LogP contribution is -2.49. The second kappa shape index (κ2) is 6.80. The minimum atomic E-state index is -0.0495. The third-order valence-electron chi connectivity index (χ3n) is 4.01. The molecule has 1 fully saturated rings. The molecule has 1 N–H and O–H groups in total. The van der Waals surface area contributed by atoms with Crippen LogP contribution in [0, 0.1) is 5.92 Å². The van der Waals surface area contributed by atoms with E-state index >= 15 is 0 Å². The van der Waals surface area contributed by atoms with E-state index < -0.39 is 0 Å². The molecule has 1 aliphatic rings. The minimum absolute atomic E-state index is 0.00533. The van der Waals surface area contributed by atoms with Gasteiger partial charge in [-0.3, -0.25) is 4.79 Å². The molecular weight excluding hydrogens is 310 g/mol. The molecule has 23 heavy (non-hydrogen) atoms. The molecule has 1 unspecified atom stereocenters. The van der Waals surface area contributed by atoms with Gasteiger partial charge in [-0.05, 0) is 5.92 Å². The van der Waals surface area contributed by atoms with E-state index in [1.807, 2.05) is 28.1 Å². The van der Waals surface area contributed by atoms with Crippen LogP contribution in [-0.2, 0) is 13.5 Å². The van der Waals surface area contributed by atoms with E-state index in [2.05, 4.69) is 29.1 Å². The Kier molecular flexibility index (Phi) is 4.77. The average Bonchev–Trinajstić information content (AvgIpc) is 3.15. The number of nitrogens with zero attached hydrogens (tertiary/aromatic N) is 4. The van der Waals surface area contributed by atoms with Crippen molar-refractivity contribution in [3.05, 3.63) is 34.3 Å². The van der Waals surface area contributed by atoms with E-state index in [4.69, 9.17) is 0 Å². The molecule has 1 atom stereocenters. The number of hydrogen-bond donors (Lipinski definition) is 1. The lowest BCUT2D eigenvalue weighted by molar-refractivity contribution is 0.0615. The molecule has 0 aliphatic carbocycles. The molecule has 0 saturated carbocycles. The summed E-state index contributed by atoms with van der Waals surface area (Å²) >= 11 is 1.58. The third-order valence-corrected chi connectivity index (χ3v) is 4.89. The first-order valence-electron chi connectivity index (χ1n) is 7.99. The Bertz CT molecular complexity index is 678. The second-order valence-corrected chi connectivity index (χ2v) is 7.28. The maximum absolute atomic E-state index is 12.9. The highest BCUT2D eigenvalue weighted by atomic mass is 32.1. The van der Waals surface area contributed by atoms with Crippen LogP contribution in [0.1, 0.15) is 41.2 Å². The van der Waals surface area contributed by atoms with E-state index in [-0.39, 0.29) is 11.9 Å². The normalized spacial score (nSPS) is 18.6. The number of carbonyl (C=O) groups excluding carboxylic acids is 1. The van der Waals surface area contributed by atoms with Crippen LogP contribution in [0.2, 0.25) is 0 Å². The monoisotopic (exact) mass is 333 g/mol. The molecule has 1 saturated heterocycles. The quantitative estimate of drug-likeness (QED) is 0.928. The zero-order chi connectivity index (χ0) is 16.4. The van der Waals surface area contributed by atoms with Crippen LogP contribution in [0.4, 0.5) is 0 Å². The number of aryl methyl sites for hydroxylation is 1. The van der Waals surface area contributed by atoms with Crippen molar-refractivity contribution in [2.75, 3.05) is 19.6 Å². The number of hydrogen-bond acceptors (Lipinski definition) is 5. The summed E-state index contributed by atoms with van der Waals surface area (Å²) in [5.41, 5.74) is 0.562. The van der Waals surface area contributed by atoms with Gasteiger partial charge in [-0.1, -0.05) is 13.8 Å². The first-order valence-corrected chi connectivity index (χ1v) is 8.87. The van der Waals surface area contributed by atoms with Crippen molar-refractivity contribution in [3.8, 4) is 0 Å². The molecule has 0 radical (unpaired) electrons. The van der Waals surface area contributed by atoms with E-state index in [1.54, 1.807) is 17.5 Å². The summed E-state index contributed by atoms with van der Waals surface area (Å²) < 4.78 is 1.98. The van der Waals surface area contributed by atoms with Crippen molar-refractivity contribution in [1.82, 2.24) is 24.8 Å². The summed E-state index contributed by atoms with van der Waals surface area (Å²) in [6.07, 6.45) is 4.61. The third kappa shape index (κ3) is 3.45. The fraction of sp³-hybridized carbons (Fsp3) is 0.562. The van der Waals surface area contributed by atoms with Crippen molar-refractivity contribution in [2.45, 2.75) is 26.3 Å². The predicted molar refractivity (Wildman–Crippen MR) is 90.5 cm³/mol. The fourth-order valence-electron chi connectivity index (χ4n) is 2.88. The Balaban J connectivity index is 1.81. The van der Waals surface area contributed by atoms with Gasteiger partial charge in [-0.25, -0.2) is 9.97 Å². The number of piperazine rings is 1. The number of amides is 1. The number of aromatic nitrogens is 3. The number of thiazole rings is 1. The SMILES string of the molecule is CC(C)Cc1nc(C(=O)N2CCNCC2c2nccn2C)cs1. The summed E-state index contributed by atoms with van der Waals surface area (Å²) in [7, 11) is 1.96. The maximum Gasteiger partial charge on any atom is 0.274 e. The van der Waals surface area contributed by atoms with Crippen LogP contribution in [-0.4, -0.2) is 45.0 Å². The molecule has 6 nitrogen and oxygen atoms in total. The zero-order valence-corrected chi connectivity index (χ0v) is 14.6. The van der Waals surface area contributed by atoms with Gasteiger partial charge in [0.05, 0.1) is 5.01 Å². The Hall–Kier alpha value is -1.73. The van der Waals surface area contributed by atoms with Crippen molar-refractivity contribution in [3.63, 3.8) is 0 Å². The van der Waals surface area contributed by atoms with Crippen molar-refractivity contribution < 1.29 is 4.79 Å². The summed E-state index contributed by atoms with van der Waals surface area (Å²) in [5.74, 6) is 1.46. The molecule has 7 heteroatoms. The Labute approximate surface area is 140 Å². The van der Waals surface area contributed by atoms with Crippen LogP contribution < -0.4 is 5.32 Å². The van der Waals surface area contributed by atoms with Gasteiger partial charge in [0, 0.05) is 50.9 Å². The van der Waals surface area contributed by atoms with Gasteiger partial charge >= 0.3 is 0 Å². The van der Waals surface area contributed by atoms with Gasteiger partial charge in [0.1, 0.15) is 17.6 Å². The van der Waals surface area contributed by atoms with Crippen LogP contribution in [0.3, 0.4) is 0 Å². The number of nitrogens with one attached hydrogen (secondary N) is 1. The topological polar surface area (TPSA) is 63.1 Å². The van der Waals surface area contributed by atoms with Crippen molar-refractivity contribution in [2.24, 2.45) is 13.0 Å². The highest BCUT2D eigenvalue weighted by Crippen LogP contribution is 2.24. The molecule has 0 bridgehead atoms. The lowest BCUT2D eigenvalue weighted by atomic mass is 10.1. The van der Waals surface area contributed by atoms with Crippen LogP contribution in [0.5, 0.6) is 0 Å². The standard InChI is InChI=1S/C16H23N5OS/c1-11(2)8-14-19-12(10-23-14)16(22)21-7-4-17-9-13(21)15-18-5-6-20(15)3/h5-6,10-11,13,17H,4,7-9H2,1-3H3. The molecule has 3 heterocycles. The fourth-order valence-corrected chi connectivity index (χ4v) is 3.86. The molecule has 1 aliphatic heterocycles. The molecule has 0 spiro atoms. The van der Waals surface area contributed by atoms with Gasteiger partial charge in [0.15, 0.2) is 0 Å². The molecule has 1 amide bonds. The summed E-state index contributed by atoms with van der Waals surface area (Å²) in [4.78, 5) is 23.8. The number of imidazole rings is 1. The van der Waals surface area contributed by atoms with Crippen LogP contribution >= 0.6 is 11.3 Å². The van der Waals surface area contributed by atoms with Gasteiger partial charge in [0.25, 0.3) is 5.91 Å². The largest absolute Gasteiger partial charge is 0.336 e. The van der Waals surface area contributed by atoms with Crippen molar-refractivity contribution >= 4 is 17.2 Å². The minimum Gasteiger partial charge on any atom is -0.336 e. The van der Waals surface area contributed by atoms with Gasteiger partial charge < -0.3 is 14.8 Å². The zero-order valence-electron chi connectivity index (χ0n) is 13.8. The Morgan fingerprint density at radius 2 is 2.35 bits per heavy atom. The maximum atomic E-state index is 12.9. The molecule has 2 aromatic heterocycles. The molecule has 124 valence electrons. The smallest absolute Gasteiger partial charge is 0.274 e. The number of carbonyl (C=O) groups is 1. The average molecular weight is 333 g/mol. The van der Waals surface area contributed by atoms with E-state index in [9.17, 15) is 4.79 Å². The Morgan fingerprint density at radius 3 is 3.04 bits per heavy atom. The molecular formula is C16H23N5OS. The predicted octanol–water partition coefficient (Wildman–Crippen LogP) is 1.86. The van der Waals surface area contributed by atoms with Crippen LogP contribution in [0.15, 0.2) is 17.8 Å². The van der Waals surface area contributed by atoms with Crippen molar-refractivity contribution in [1.29, 1.82) is 0 Å². The summed E-state index contributed by atoms with van der Waals surface area (Å²) in [6.45, 7) is 6.52. The van der Waals surface area contributed by atoms with E-state index in [0.29, 0.717) is 18.2 Å². The molecule has 0 aromatic carbocycles. The Morgan fingerprint density at radius 1 is 1.52 bits per heavy atom. The van der Waals surface area contributed by atoms with Gasteiger partial charge in [-0.2, -0.15) is 0 Å². The highest BCUT2D eigenvalue weighted by molar-refractivity contribution is 7.09. The van der Waals surface area contributed by atoms with E-state index in [1.165, 1.54) is 0 Å². The molecule has 3 rings (SSSR count).